The molecule has 0 atom stereocenters. The maximum absolute atomic E-state index is 5.67. The van der Waals surface area contributed by atoms with Gasteiger partial charge in [0, 0.05) is 13.2 Å². The van der Waals surface area contributed by atoms with Crippen LogP contribution in [0.15, 0.2) is 30.3 Å². The fourth-order valence-corrected chi connectivity index (χ4v) is 3.86. The first kappa shape index (κ1) is 25.2. The first-order chi connectivity index (χ1) is 13.9. The minimum atomic E-state index is 0.974. The third-order valence-electron chi connectivity index (χ3n) is 5.74. The molecule has 1 rings (SSSR count). The normalized spacial score (nSPS) is 11.2. The molecular weight excluding hydrogens is 340 g/mol. The standard InChI is InChI=1S/C27H48O/c1-2-3-20-25-28-26-21-15-13-11-9-7-5-4-6-8-10-12-14-17-22-27-23-18-16-19-24-27/h16,18-19,23-24H,2-15,17,20-22,25-26H2,1H3. The third kappa shape index (κ3) is 17.3. The van der Waals surface area contributed by atoms with Gasteiger partial charge >= 0.3 is 0 Å². The zero-order valence-corrected chi connectivity index (χ0v) is 18.9. The van der Waals surface area contributed by atoms with Gasteiger partial charge in [0.25, 0.3) is 0 Å². The number of hydrogen-bond acceptors (Lipinski definition) is 1. The number of unbranched alkanes of at least 4 members (excludes halogenated alkanes) is 15. The van der Waals surface area contributed by atoms with Gasteiger partial charge in [0.2, 0.25) is 0 Å². The molecule has 0 aromatic heterocycles. The van der Waals surface area contributed by atoms with Gasteiger partial charge < -0.3 is 4.74 Å². The Balaban J connectivity index is 1.67. The summed E-state index contributed by atoms with van der Waals surface area (Å²) in [5.74, 6) is 0. The molecule has 28 heavy (non-hydrogen) atoms. The highest BCUT2D eigenvalue weighted by molar-refractivity contribution is 5.14. The van der Waals surface area contributed by atoms with E-state index in [9.17, 15) is 0 Å². The molecule has 0 heterocycles. The molecule has 162 valence electrons. The van der Waals surface area contributed by atoms with Crippen LogP contribution in [0.2, 0.25) is 0 Å². The number of benzene rings is 1. The first-order valence-corrected chi connectivity index (χ1v) is 12.5. The fraction of sp³-hybridized carbons (Fsp3) is 0.778. The van der Waals surface area contributed by atoms with Crippen LogP contribution >= 0.6 is 0 Å². The molecule has 0 unspecified atom stereocenters. The second-order valence-electron chi connectivity index (χ2n) is 8.50. The summed E-state index contributed by atoms with van der Waals surface area (Å²) >= 11 is 0. The monoisotopic (exact) mass is 388 g/mol. The van der Waals surface area contributed by atoms with Gasteiger partial charge in [-0.05, 0) is 31.2 Å². The fourth-order valence-electron chi connectivity index (χ4n) is 3.86. The van der Waals surface area contributed by atoms with E-state index in [1.165, 1.54) is 121 Å². The molecule has 0 amide bonds. The van der Waals surface area contributed by atoms with E-state index in [0.29, 0.717) is 0 Å². The van der Waals surface area contributed by atoms with Gasteiger partial charge in [-0.15, -0.1) is 0 Å². The van der Waals surface area contributed by atoms with Gasteiger partial charge in [-0.2, -0.15) is 0 Å². The van der Waals surface area contributed by atoms with E-state index < -0.39 is 0 Å². The Labute approximate surface area is 176 Å². The van der Waals surface area contributed by atoms with Crippen LogP contribution in [0.5, 0.6) is 0 Å². The lowest BCUT2D eigenvalue weighted by Gasteiger charge is -2.05. The molecule has 1 aromatic rings. The summed E-state index contributed by atoms with van der Waals surface area (Å²) < 4.78 is 5.67. The van der Waals surface area contributed by atoms with Crippen LogP contribution < -0.4 is 0 Å². The second kappa shape index (κ2) is 20.9. The van der Waals surface area contributed by atoms with Crippen molar-refractivity contribution in [3.05, 3.63) is 35.9 Å². The van der Waals surface area contributed by atoms with Crippen molar-refractivity contribution in [1.82, 2.24) is 0 Å². The van der Waals surface area contributed by atoms with E-state index in [1.807, 2.05) is 0 Å². The maximum Gasteiger partial charge on any atom is 0.0466 e. The Hall–Kier alpha value is -0.820. The average molecular weight is 389 g/mol. The van der Waals surface area contributed by atoms with E-state index >= 15 is 0 Å². The van der Waals surface area contributed by atoms with Crippen molar-refractivity contribution in [2.75, 3.05) is 13.2 Å². The highest BCUT2D eigenvalue weighted by atomic mass is 16.5. The van der Waals surface area contributed by atoms with Crippen LogP contribution in [0.3, 0.4) is 0 Å². The number of rotatable bonds is 21. The van der Waals surface area contributed by atoms with Crippen LogP contribution in [-0.4, -0.2) is 13.2 Å². The van der Waals surface area contributed by atoms with E-state index in [4.69, 9.17) is 4.74 Å². The predicted molar refractivity (Wildman–Crippen MR) is 125 cm³/mol. The predicted octanol–water partition coefficient (Wildman–Crippen LogP) is 8.90. The number of hydrogen-bond donors (Lipinski definition) is 0. The Bertz CT molecular complexity index is 400. The second-order valence-corrected chi connectivity index (χ2v) is 8.50. The Kier molecular flexibility index (Phi) is 18.8. The molecule has 0 aliphatic carbocycles. The molecule has 0 saturated carbocycles. The number of ether oxygens (including phenoxy) is 1. The molecule has 0 aliphatic rings. The quantitative estimate of drug-likeness (QED) is 0.191. The molecule has 0 N–H and O–H groups in total. The lowest BCUT2D eigenvalue weighted by atomic mass is 10.0. The summed E-state index contributed by atoms with van der Waals surface area (Å²) in [6, 6.07) is 10.9. The van der Waals surface area contributed by atoms with Crippen LogP contribution in [0.1, 0.15) is 122 Å². The molecule has 1 aromatic carbocycles. The molecule has 0 fully saturated rings. The van der Waals surface area contributed by atoms with Gasteiger partial charge in [-0.3, -0.25) is 0 Å². The summed E-state index contributed by atoms with van der Waals surface area (Å²) in [6.07, 6.45) is 24.9. The number of aryl methyl sites for hydroxylation is 1. The van der Waals surface area contributed by atoms with Gasteiger partial charge in [0.05, 0.1) is 0 Å². The van der Waals surface area contributed by atoms with Gasteiger partial charge in [0.1, 0.15) is 0 Å². The summed E-state index contributed by atoms with van der Waals surface area (Å²) in [5, 5.41) is 0. The van der Waals surface area contributed by atoms with Gasteiger partial charge in [-0.25, -0.2) is 0 Å². The topological polar surface area (TPSA) is 9.23 Å². The van der Waals surface area contributed by atoms with Crippen molar-refractivity contribution in [2.45, 2.75) is 122 Å². The first-order valence-electron chi connectivity index (χ1n) is 12.5. The zero-order valence-electron chi connectivity index (χ0n) is 18.9. The minimum Gasteiger partial charge on any atom is -0.381 e. The molecule has 1 nitrogen and oxygen atoms in total. The van der Waals surface area contributed by atoms with E-state index in [0.717, 1.165) is 13.2 Å². The summed E-state index contributed by atoms with van der Waals surface area (Å²) in [5.41, 5.74) is 1.50. The van der Waals surface area contributed by atoms with Crippen LogP contribution in [0, 0.1) is 0 Å². The van der Waals surface area contributed by atoms with Crippen molar-refractivity contribution < 1.29 is 4.74 Å². The van der Waals surface area contributed by atoms with Crippen LogP contribution in [0.4, 0.5) is 0 Å². The van der Waals surface area contributed by atoms with Crippen molar-refractivity contribution in [1.29, 1.82) is 0 Å². The largest absolute Gasteiger partial charge is 0.381 e. The minimum absolute atomic E-state index is 0.974. The molecule has 0 spiro atoms. The Morgan fingerprint density at radius 2 is 0.929 bits per heavy atom. The highest BCUT2D eigenvalue weighted by Gasteiger charge is 1.96. The Morgan fingerprint density at radius 3 is 1.43 bits per heavy atom. The molecule has 0 radical (unpaired) electrons. The lowest BCUT2D eigenvalue weighted by molar-refractivity contribution is 0.126. The van der Waals surface area contributed by atoms with E-state index in [1.54, 1.807) is 0 Å². The van der Waals surface area contributed by atoms with Crippen molar-refractivity contribution in [3.63, 3.8) is 0 Å². The van der Waals surface area contributed by atoms with Crippen molar-refractivity contribution in [3.8, 4) is 0 Å². The summed E-state index contributed by atoms with van der Waals surface area (Å²) in [7, 11) is 0. The van der Waals surface area contributed by atoms with Gasteiger partial charge in [0.15, 0.2) is 0 Å². The average Bonchev–Trinajstić information content (AvgIpc) is 2.73. The van der Waals surface area contributed by atoms with Crippen molar-refractivity contribution >= 4 is 0 Å². The summed E-state index contributed by atoms with van der Waals surface area (Å²) in [4.78, 5) is 0. The Morgan fingerprint density at radius 1 is 0.500 bits per heavy atom. The molecule has 1 heteroatoms. The zero-order chi connectivity index (χ0) is 20.0. The SMILES string of the molecule is CCCCCOCCCCCCCCCCCCCCCCc1ccccc1. The van der Waals surface area contributed by atoms with Crippen LogP contribution in [-0.2, 0) is 11.2 Å². The van der Waals surface area contributed by atoms with Crippen LogP contribution in [0.25, 0.3) is 0 Å². The molecule has 0 saturated heterocycles. The maximum atomic E-state index is 5.67. The third-order valence-corrected chi connectivity index (χ3v) is 5.74. The summed E-state index contributed by atoms with van der Waals surface area (Å²) in [6.45, 7) is 4.20. The van der Waals surface area contributed by atoms with E-state index in [2.05, 4.69) is 37.3 Å². The lowest BCUT2D eigenvalue weighted by Crippen LogP contribution is -1.96. The molecular formula is C27H48O. The van der Waals surface area contributed by atoms with Crippen molar-refractivity contribution in [2.24, 2.45) is 0 Å². The smallest absolute Gasteiger partial charge is 0.0466 e. The molecule has 0 bridgehead atoms. The molecule has 0 aliphatic heterocycles. The van der Waals surface area contributed by atoms with Gasteiger partial charge in [-0.1, -0.05) is 127 Å². The van der Waals surface area contributed by atoms with E-state index in [-0.39, 0.29) is 0 Å². The highest BCUT2D eigenvalue weighted by Crippen LogP contribution is 2.14.